The summed E-state index contributed by atoms with van der Waals surface area (Å²) in [5.74, 6) is -0.539. The fraction of sp³-hybridized carbons (Fsp3) is 0.462. The van der Waals surface area contributed by atoms with Crippen molar-refractivity contribution in [3.05, 3.63) is 23.8 Å². The van der Waals surface area contributed by atoms with Gasteiger partial charge in [0.1, 0.15) is 12.4 Å². The van der Waals surface area contributed by atoms with Gasteiger partial charge in [-0.25, -0.2) is 4.79 Å². The van der Waals surface area contributed by atoms with Gasteiger partial charge < -0.3 is 20.3 Å². The van der Waals surface area contributed by atoms with E-state index in [1.165, 1.54) is 18.2 Å². The van der Waals surface area contributed by atoms with E-state index in [1.807, 2.05) is 0 Å². The predicted molar refractivity (Wildman–Crippen MR) is 66.4 cm³/mol. The van der Waals surface area contributed by atoms with Crippen LogP contribution in [0.25, 0.3) is 0 Å². The molecule has 1 aromatic rings. The lowest BCUT2D eigenvalue weighted by atomic mass is 10.1. The summed E-state index contributed by atoms with van der Waals surface area (Å²) in [6.45, 7) is 0.949. The van der Waals surface area contributed by atoms with Crippen molar-refractivity contribution < 1.29 is 19.4 Å². The lowest BCUT2D eigenvalue weighted by Gasteiger charge is -2.22. The van der Waals surface area contributed by atoms with Crippen LogP contribution in [0.1, 0.15) is 29.6 Å². The maximum atomic E-state index is 11.8. The van der Waals surface area contributed by atoms with Crippen LogP contribution >= 0.6 is 0 Å². The van der Waals surface area contributed by atoms with E-state index >= 15 is 0 Å². The van der Waals surface area contributed by atoms with Gasteiger partial charge in [-0.3, -0.25) is 0 Å². The number of ether oxygens (including phenoxy) is 2. The Kier molecular flexibility index (Phi) is 4.04. The van der Waals surface area contributed by atoms with E-state index in [9.17, 15) is 9.90 Å². The molecule has 0 aliphatic carbocycles. The van der Waals surface area contributed by atoms with E-state index in [2.05, 4.69) is 0 Å². The molecule has 18 heavy (non-hydrogen) atoms. The molecule has 5 nitrogen and oxygen atoms in total. The van der Waals surface area contributed by atoms with Gasteiger partial charge in [0.25, 0.3) is 0 Å². The van der Waals surface area contributed by atoms with Gasteiger partial charge in [0, 0.05) is 12.3 Å². The first-order valence-corrected chi connectivity index (χ1v) is 6.04. The van der Waals surface area contributed by atoms with Crippen LogP contribution < -0.4 is 5.73 Å². The van der Waals surface area contributed by atoms with Gasteiger partial charge in [0.15, 0.2) is 0 Å². The second-order valence-electron chi connectivity index (χ2n) is 4.36. The number of phenols is 1. The molecule has 0 saturated carbocycles. The molecule has 1 saturated heterocycles. The Morgan fingerprint density at radius 2 is 2.33 bits per heavy atom. The Labute approximate surface area is 106 Å². The number of phenolic OH excluding ortho intramolecular Hbond substituents is 1. The Bertz CT molecular complexity index is 427. The van der Waals surface area contributed by atoms with Gasteiger partial charge in [-0.1, -0.05) is 0 Å². The van der Waals surface area contributed by atoms with Crippen molar-refractivity contribution in [2.75, 3.05) is 18.9 Å². The molecule has 3 N–H and O–H groups in total. The first kappa shape index (κ1) is 12.7. The van der Waals surface area contributed by atoms with Gasteiger partial charge in [0.2, 0.25) is 0 Å². The molecule has 0 bridgehead atoms. The Morgan fingerprint density at radius 3 is 3.06 bits per heavy atom. The number of carbonyl (C=O) groups is 1. The molecular formula is C13H17NO4. The summed E-state index contributed by atoms with van der Waals surface area (Å²) in [4.78, 5) is 11.8. The Balaban J connectivity index is 1.92. The van der Waals surface area contributed by atoms with Crippen LogP contribution in [-0.2, 0) is 9.47 Å². The minimum absolute atomic E-state index is 0.00920. The third-order valence-electron chi connectivity index (χ3n) is 2.93. The predicted octanol–water partition coefficient (Wildman–Crippen LogP) is 1.70. The Hall–Kier alpha value is -1.75. The second kappa shape index (κ2) is 5.73. The molecule has 0 aromatic heterocycles. The number of carbonyl (C=O) groups excluding carboxylic acids is 1. The zero-order valence-corrected chi connectivity index (χ0v) is 10.1. The fourth-order valence-corrected chi connectivity index (χ4v) is 1.91. The number of rotatable bonds is 3. The molecule has 0 spiro atoms. The summed E-state index contributed by atoms with van der Waals surface area (Å²) in [7, 11) is 0. The number of esters is 1. The third kappa shape index (κ3) is 3.13. The number of anilines is 1. The zero-order valence-electron chi connectivity index (χ0n) is 10.1. The van der Waals surface area contributed by atoms with E-state index < -0.39 is 5.97 Å². The summed E-state index contributed by atoms with van der Waals surface area (Å²) in [6.07, 6.45) is 3.03. The number of nitrogen functional groups attached to an aromatic ring is 1. The largest absolute Gasteiger partial charge is 0.508 e. The summed E-state index contributed by atoms with van der Waals surface area (Å²) in [5, 5.41) is 9.32. The second-order valence-corrected chi connectivity index (χ2v) is 4.36. The van der Waals surface area contributed by atoms with Crippen molar-refractivity contribution in [1.29, 1.82) is 0 Å². The molecule has 1 aliphatic rings. The first-order valence-electron chi connectivity index (χ1n) is 6.04. The van der Waals surface area contributed by atoms with Crippen molar-refractivity contribution in [3.63, 3.8) is 0 Å². The van der Waals surface area contributed by atoms with Gasteiger partial charge in [-0.2, -0.15) is 0 Å². The molecule has 98 valence electrons. The molecule has 1 aliphatic heterocycles. The van der Waals surface area contributed by atoms with Crippen LogP contribution in [0.3, 0.4) is 0 Å². The number of hydrogen-bond acceptors (Lipinski definition) is 5. The van der Waals surface area contributed by atoms with Gasteiger partial charge in [-0.05, 0) is 37.5 Å². The maximum absolute atomic E-state index is 11.8. The smallest absolute Gasteiger partial charge is 0.340 e. The van der Waals surface area contributed by atoms with E-state index in [0.29, 0.717) is 5.69 Å². The van der Waals surface area contributed by atoms with Crippen LogP contribution in [0.2, 0.25) is 0 Å². The average molecular weight is 251 g/mol. The zero-order chi connectivity index (χ0) is 13.0. The van der Waals surface area contributed by atoms with Crippen LogP contribution in [0.4, 0.5) is 5.69 Å². The fourth-order valence-electron chi connectivity index (χ4n) is 1.91. The highest BCUT2D eigenvalue weighted by Gasteiger charge is 2.18. The average Bonchev–Trinajstić information content (AvgIpc) is 2.40. The van der Waals surface area contributed by atoms with E-state index in [0.717, 1.165) is 25.9 Å². The van der Waals surface area contributed by atoms with Gasteiger partial charge >= 0.3 is 5.97 Å². The number of hydrogen-bond donors (Lipinski definition) is 2. The van der Waals surface area contributed by atoms with E-state index in [-0.39, 0.29) is 24.0 Å². The van der Waals surface area contributed by atoms with Crippen molar-refractivity contribution in [2.24, 2.45) is 0 Å². The summed E-state index contributed by atoms with van der Waals surface area (Å²) < 4.78 is 10.6. The van der Waals surface area contributed by atoms with Crippen LogP contribution in [-0.4, -0.2) is 30.4 Å². The van der Waals surface area contributed by atoms with Crippen molar-refractivity contribution in [3.8, 4) is 5.75 Å². The number of benzene rings is 1. The highest BCUT2D eigenvalue weighted by atomic mass is 16.6. The van der Waals surface area contributed by atoms with Crippen LogP contribution in [0, 0.1) is 0 Å². The monoisotopic (exact) mass is 251 g/mol. The molecule has 5 heteroatoms. The normalized spacial score (nSPS) is 19.4. The lowest BCUT2D eigenvalue weighted by molar-refractivity contribution is -0.0300. The molecule has 1 aromatic carbocycles. The lowest BCUT2D eigenvalue weighted by Crippen LogP contribution is -2.26. The highest BCUT2D eigenvalue weighted by Crippen LogP contribution is 2.20. The topological polar surface area (TPSA) is 81.8 Å². The van der Waals surface area contributed by atoms with Gasteiger partial charge in [-0.15, -0.1) is 0 Å². The summed E-state index contributed by atoms with van der Waals surface area (Å²) in [6, 6.07) is 4.21. The SMILES string of the molecule is Nc1ccc(O)cc1C(=O)OCC1CCCCO1. The third-order valence-corrected chi connectivity index (χ3v) is 2.93. The minimum Gasteiger partial charge on any atom is -0.508 e. The minimum atomic E-state index is -0.530. The van der Waals surface area contributed by atoms with Crippen molar-refractivity contribution in [1.82, 2.24) is 0 Å². The quantitative estimate of drug-likeness (QED) is 0.485. The molecule has 2 rings (SSSR count). The van der Waals surface area contributed by atoms with Crippen LogP contribution in [0.5, 0.6) is 5.75 Å². The summed E-state index contributed by atoms with van der Waals surface area (Å²) >= 11 is 0. The van der Waals surface area contributed by atoms with E-state index in [1.54, 1.807) is 0 Å². The van der Waals surface area contributed by atoms with Crippen LogP contribution in [0.15, 0.2) is 18.2 Å². The van der Waals surface area contributed by atoms with E-state index in [4.69, 9.17) is 15.2 Å². The maximum Gasteiger partial charge on any atom is 0.340 e. The van der Waals surface area contributed by atoms with Crippen molar-refractivity contribution >= 4 is 11.7 Å². The number of nitrogens with two attached hydrogens (primary N) is 1. The molecular weight excluding hydrogens is 234 g/mol. The molecule has 1 heterocycles. The molecule has 0 amide bonds. The summed E-state index contributed by atoms with van der Waals surface area (Å²) in [5.41, 5.74) is 6.14. The van der Waals surface area contributed by atoms with Gasteiger partial charge in [0.05, 0.1) is 11.7 Å². The molecule has 1 atom stereocenters. The molecule has 1 fully saturated rings. The standard InChI is InChI=1S/C13H17NO4/c14-12-5-4-9(15)7-11(12)13(16)18-8-10-3-1-2-6-17-10/h4-5,7,10,15H,1-3,6,8,14H2. The van der Waals surface area contributed by atoms with Crippen molar-refractivity contribution in [2.45, 2.75) is 25.4 Å². The Morgan fingerprint density at radius 1 is 1.50 bits per heavy atom. The molecule has 0 radical (unpaired) electrons. The first-order chi connectivity index (χ1) is 8.66. The molecule has 1 unspecified atom stereocenters. The highest BCUT2D eigenvalue weighted by molar-refractivity contribution is 5.95. The number of aromatic hydroxyl groups is 1.